The van der Waals surface area contributed by atoms with Gasteiger partial charge in [0.2, 0.25) is 0 Å². The Kier molecular flexibility index (Phi) is 5.43. The number of ether oxygens (including phenoxy) is 1. The third-order valence-corrected chi connectivity index (χ3v) is 5.04. The molecule has 0 saturated heterocycles. The van der Waals surface area contributed by atoms with Crippen LogP contribution in [0.4, 0.5) is 17.1 Å². The Labute approximate surface area is 153 Å². The number of hydrogen-bond donors (Lipinski definition) is 2. The van der Waals surface area contributed by atoms with Crippen molar-refractivity contribution in [1.82, 2.24) is 0 Å². The topological polar surface area (TPSA) is 67.4 Å². The summed E-state index contributed by atoms with van der Waals surface area (Å²) in [6, 6.07) is 23.0. The van der Waals surface area contributed by atoms with E-state index in [1.54, 1.807) is 42.5 Å². The maximum Gasteiger partial charge on any atom is 0.261 e. The standard InChI is InChI=1S/C20H20N2O3S/c1-2-25-19-14-12-17(13-15-19)21-16-8-10-18(11-9-16)22-26(23,24)20-6-4-3-5-7-20/h3-15,21-22H,2H2,1H3. The van der Waals surface area contributed by atoms with Crippen LogP contribution in [0.15, 0.2) is 83.8 Å². The number of hydrogen-bond acceptors (Lipinski definition) is 4. The molecule has 0 aromatic heterocycles. The molecule has 0 fully saturated rings. The number of anilines is 3. The molecule has 3 rings (SSSR count). The predicted molar refractivity (Wildman–Crippen MR) is 105 cm³/mol. The molecule has 0 bridgehead atoms. The van der Waals surface area contributed by atoms with E-state index in [9.17, 15) is 8.42 Å². The first-order valence-electron chi connectivity index (χ1n) is 8.24. The van der Waals surface area contributed by atoms with Gasteiger partial charge in [-0.25, -0.2) is 8.42 Å². The van der Waals surface area contributed by atoms with Gasteiger partial charge in [-0.05, 0) is 67.6 Å². The molecule has 0 heterocycles. The van der Waals surface area contributed by atoms with Crippen LogP contribution < -0.4 is 14.8 Å². The smallest absolute Gasteiger partial charge is 0.261 e. The summed E-state index contributed by atoms with van der Waals surface area (Å²) in [4.78, 5) is 0.233. The summed E-state index contributed by atoms with van der Waals surface area (Å²) in [5, 5.41) is 3.26. The molecule has 0 aliphatic heterocycles. The van der Waals surface area contributed by atoms with Crippen LogP contribution in [-0.4, -0.2) is 15.0 Å². The summed E-state index contributed by atoms with van der Waals surface area (Å²) in [5.41, 5.74) is 2.29. The average molecular weight is 368 g/mol. The van der Waals surface area contributed by atoms with E-state index in [0.717, 1.165) is 17.1 Å². The van der Waals surface area contributed by atoms with Crippen LogP contribution in [-0.2, 0) is 10.0 Å². The van der Waals surface area contributed by atoms with Crippen molar-refractivity contribution in [2.75, 3.05) is 16.6 Å². The van der Waals surface area contributed by atoms with Gasteiger partial charge in [0.15, 0.2) is 0 Å². The molecule has 26 heavy (non-hydrogen) atoms. The molecule has 0 amide bonds. The lowest BCUT2D eigenvalue weighted by Crippen LogP contribution is -2.12. The fourth-order valence-corrected chi connectivity index (χ4v) is 3.48. The molecule has 2 N–H and O–H groups in total. The predicted octanol–water partition coefficient (Wildman–Crippen LogP) is 4.63. The normalized spacial score (nSPS) is 11.0. The van der Waals surface area contributed by atoms with E-state index < -0.39 is 10.0 Å². The highest BCUT2D eigenvalue weighted by Crippen LogP contribution is 2.22. The maximum atomic E-state index is 12.3. The molecule has 0 aliphatic rings. The molecular weight excluding hydrogens is 348 g/mol. The van der Waals surface area contributed by atoms with Crippen LogP contribution in [0, 0.1) is 0 Å². The highest BCUT2D eigenvalue weighted by atomic mass is 32.2. The third kappa shape index (κ3) is 4.55. The summed E-state index contributed by atoms with van der Waals surface area (Å²) in [6.07, 6.45) is 0. The van der Waals surface area contributed by atoms with Gasteiger partial charge >= 0.3 is 0 Å². The highest BCUT2D eigenvalue weighted by Gasteiger charge is 2.13. The lowest BCUT2D eigenvalue weighted by atomic mass is 10.2. The first kappa shape index (κ1) is 17.8. The number of sulfonamides is 1. The van der Waals surface area contributed by atoms with Crippen molar-refractivity contribution in [3.63, 3.8) is 0 Å². The second-order valence-corrected chi connectivity index (χ2v) is 7.26. The SMILES string of the molecule is CCOc1ccc(Nc2ccc(NS(=O)(=O)c3ccccc3)cc2)cc1. The van der Waals surface area contributed by atoms with Crippen molar-refractivity contribution in [1.29, 1.82) is 0 Å². The Morgan fingerprint density at radius 2 is 1.31 bits per heavy atom. The summed E-state index contributed by atoms with van der Waals surface area (Å²) in [6.45, 7) is 2.58. The monoisotopic (exact) mass is 368 g/mol. The van der Waals surface area contributed by atoms with Crippen LogP contribution in [0.2, 0.25) is 0 Å². The summed E-state index contributed by atoms with van der Waals surface area (Å²) >= 11 is 0. The molecule has 6 heteroatoms. The van der Waals surface area contributed by atoms with Gasteiger partial charge in [-0.2, -0.15) is 0 Å². The van der Waals surface area contributed by atoms with Crippen molar-refractivity contribution in [3.05, 3.63) is 78.9 Å². The first-order chi connectivity index (χ1) is 12.6. The fraction of sp³-hybridized carbons (Fsp3) is 0.100. The van der Waals surface area contributed by atoms with Crippen LogP contribution in [0.1, 0.15) is 6.92 Å². The van der Waals surface area contributed by atoms with Gasteiger partial charge in [-0.3, -0.25) is 4.72 Å². The molecule has 0 spiro atoms. The van der Waals surface area contributed by atoms with E-state index >= 15 is 0 Å². The second kappa shape index (κ2) is 7.93. The van der Waals surface area contributed by atoms with Gasteiger partial charge in [0.1, 0.15) is 5.75 Å². The van der Waals surface area contributed by atoms with Crippen molar-refractivity contribution >= 4 is 27.1 Å². The van der Waals surface area contributed by atoms with Gasteiger partial charge in [0, 0.05) is 17.1 Å². The molecule has 0 radical (unpaired) electrons. The van der Waals surface area contributed by atoms with Crippen molar-refractivity contribution in [2.24, 2.45) is 0 Å². The quantitative estimate of drug-likeness (QED) is 0.638. The van der Waals surface area contributed by atoms with E-state index in [1.165, 1.54) is 0 Å². The van der Waals surface area contributed by atoms with Crippen molar-refractivity contribution in [2.45, 2.75) is 11.8 Å². The van der Waals surface area contributed by atoms with Crippen LogP contribution in [0.5, 0.6) is 5.75 Å². The summed E-state index contributed by atoms with van der Waals surface area (Å²) in [5.74, 6) is 0.823. The van der Waals surface area contributed by atoms with Crippen molar-refractivity contribution in [3.8, 4) is 5.75 Å². The van der Waals surface area contributed by atoms with Gasteiger partial charge in [-0.15, -0.1) is 0 Å². The van der Waals surface area contributed by atoms with E-state index in [-0.39, 0.29) is 4.90 Å². The molecule has 0 unspecified atom stereocenters. The van der Waals surface area contributed by atoms with Gasteiger partial charge in [0.25, 0.3) is 10.0 Å². The molecule has 0 saturated carbocycles. The third-order valence-electron chi connectivity index (χ3n) is 3.64. The van der Waals surface area contributed by atoms with E-state index in [4.69, 9.17) is 4.74 Å². The highest BCUT2D eigenvalue weighted by molar-refractivity contribution is 7.92. The first-order valence-corrected chi connectivity index (χ1v) is 9.73. The molecule has 0 aliphatic carbocycles. The lowest BCUT2D eigenvalue weighted by Gasteiger charge is -2.10. The molecule has 3 aromatic carbocycles. The minimum Gasteiger partial charge on any atom is -0.494 e. The van der Waals surface area contributed by atoms with Gasteiger partial charge < -0.3 is 10.1 Å². The Morgan fingerprint density at radius 1 is 0.769 bits per heavy atom. The van der Waals surface area contributed by atoms with E-state index in [0.29, 0.717) is 12.3 Å². The zero-order valence-electron chi connectivity index (χ0n) is 14.3. The van der Waals surface area contributed by atoms with Gasteiger partial charge in [0.05, 0.1) is 11.5 Å². The Morgan fingerprint density at radius 3 is 1.88 bits per heavy atom. The van der Waals surface area contributed by atoms with Crippen molar-refractivity contribution < 1.29 is 13.2 Å². The number of rotatable bonds is 7. The fourth-order valence-electron chi connectivity index (χ4n) is 2.40. The second-order valence-electron chi connectivity index (χ2n) is 5.58. The lowest BCUT2D eigenvalue weighted by molar-refractivity contribution is 0.340. The summed E-state index contributed by atoms with van der Waals surface area (Å²) in [7, 11) is -3.58. The zero-order valence-corrected chi connectivity index (χ0v) is 15.2. The van der Waals surface area contributed by atoms with E-state index in [2.05, 4.69) is 10.0 Å². The minimum absolute atomic E-state index is 0.233. The largest absolute Gasteiger partial charge is 0.494 e. The van der Waals surface area contributed by atoms with Crippen LogP contribution >= 0.6 is 0 Å². The molecule has 3 aromatic rings. The van der Waals surface area contributed by atoms with Gasteiger partial charge in [-0.1, -0.05) is 18.2 Å². The molecule has 0 atom stereocenters. The Hall–Kier alpha value is -2.99. The summed E-state index contributed by atoms with van der Waals surface area (Å²) < 4.78 is 32.6. The Bertz CT molecular complexity index is 939. The Balaban J connectivity index is 1.67. The molecule has 134 valence electrons. The van der Waals surface area contributed by atoms with Crippen LogP contribution in [0.3, 0.4) is 0 Å². The van der Waals surface area contributed by atoms with E-state index in [1.807, 2.05) is 43.3 Å². The molecule has 5 nitrogen and oxygen atoms in total. The van der Waals surface area contributed by atoms with Crippen LogP contribution in [0.25, 0.3) is 0 Å². The maximum absolute atomic E-state index is 12.3. The average Bonchev–Trinajstić information content (AvgIpc) is 2.66. The minimum atomic E-state index is -3.58. The zero-order chi connectivity index (χ0) is 18.4. The molecular formula is C20H20N2O3S. The number of benzene rings is 3. The number of nitrogens with one attached hydrogen (secondary N) is 2.